The van der Waals surface area contributed by atoms with Crippen molar-refractivity contribution in [3.63, 3.8) is 0 Å². The van der Waals surface area contributed by atoms with E-state index < -0.39 is 18.0 Å². The average molecular weight is 230 g/mol. The van der Waals surface area contributed by atoms with Gasteiger partial charge in [0.15, 0.2) is 0 Å². The quantitative estimate of drug-likeness (QED) is 0.350. The van der Waals surface area contributed by atoms with Gasteiger partial charge in [-0.1, -0.05) is 10.4 Å². The van der Waals surface area contributed by atoms with Gasteiger partial charge in [-0.3, -0.25) is 0 Å². The Hall–Kier alpha value is -2.12. The Kier molecular flexibility index (Phi) is 7.12. The number of rotatable bonds is 7. The molecular formula is C8H10N2O6. The van der Waals surface area contributed by atoms with Crippen molar-refractivity contribution in [2.75, 3.05) is 20.2 Å². The molecule has 88 valence electrons. The molecule has 0 aliphatic carbocycles. The van der Waals surface area contributed by atoms with Gasteiger partial charge in [0, 0.05) is 12.2 Å². The minimum Gasteiger partial charge on any atom is -0.466 e. The second-order valence-corrected chi connectivity index (χ2v) is 2.54. The number of esters is 2. The van der Waals surface area contributed by atoms with Gasteiger partial charge in [-0.05, 0) is 0 Å². The Morgan fingerprint density at radius 2 is 1.62 bits per heavy atom. The third-order valence-corrected chi connectivity index (χ3v) is 1.40. The zero-order valence-electron chi connectivity index (χ0n) is 8.49. The molecule has 0 spiro atoms. The summed E-state index contributed by atoms with van der Waals surface area (Å²) < 4.78 is 8.84. The second-order valence-electron chi connectivity index (χ2n) is 2.54. The minimum atomic E-state index is -1.01. The third-order valence-electron chi connectivity index (χ3n) is 1.40. The molecular weight excluding hydrogens is 220 g/mol. The number of nitroso groups, excluding NO2 is 2. The Bertz CT molecular complexity index is 291. The van der Waals surface area contributed by atoms with Crippen LogP contribution in [0.3, 0.4) is 0 Å². The first kappa shape index (κ1) is 13.9. The zero-order chi connectivity index (χ0) is 12.4. The summed E-state index contributed by atoms with van der Waals surface area (Å²) in [6.07, 6.45) is 0.654. The van der Waals surface area contributed by atoms with E-state index in [9.17, 15) is 19.4 Å². The highest BCUT2D eigenvalue weighted by Crippen LogP contribution is 1.96. The number of nitrogens with zero attached hydrogens (tertiary/aromatic N) is 2. The van der Waals surface area contributed by atoms with Crippen molar-refractivity contribution in [3.8, 4) is 0 Å². The van der Waals surface area contributed by atoms with E-state index >= 15 is 0 Å². The molecule has 0 bridgehead atoms. The van der Waals surface area contributed by atoms with Crippen molar-refractivity contribution >= 4 is 11.9 Å². The van der Waals surface area contributed by atoms with E-state index in [4.69, 9.17) is 0 Å². The van der Waals surface area contributed by atoms with Gasteiger partial charge in [0.1, 0.15) is 19.2 Å². The van der Waals surface area contributed by atoms with Gasteiger partial charge in [-0.2, -0.15) is 9.81 Å². The minimum absolute atomic E-state index is 0.371. The summed E-state index contributed by atoms with van der Waals surface area (Å²) in [6, 6.07) is 0. The summed E-state index contributed by atoms with van der Waals surface area (Å²) in [5.41, 5.74) is 0. The topological polar surface area (TPSA) is 111 Å². The smallest absolute Gasteiger partial charge is 0.331 e. The number of hydrogen-bond donors (Lipinski definition) is 0. The van der Waals surface area contributed by atoms with Crippen molar-refractivity contribution < 1.29 is 19.1 Å². The lowest BCUT2D eigenvalue weighted by molar-refractivity contribution is -0.143. The van der Waals surface area contributed by atoms with E-state index in [0.29, 0.717) is 0 Å². The predicted molar refractivity (Wildman–Crippen MR) is 52.4 cm³/mol. The standard InChI is InChI=1S/C8H10N2O6/c1-15-7(11)2-3-8(12)16-6(4-9-13)5-10-14/h2-3,6H,4-5H2,1H3/b3-2+. The monoisotopic (exact) mass is 230 g/mol. The maximum absolute atomic E-state index is 11.0. The van der Waals surface area contributed by atoms with Crippen molar-refractivity contribution in [2.24, 2.45) is 10.4 Å². The Morgan fingerprint density at radius 1 is 1.12 bits per heavy atom. The maximum atomic E-state index is 11.0. The fourth-order valence-corrected chi connectivity index (χ4v) is 0.706. The first-order valence-electron chi connectivity index (χ1n) is 4.19. The van der Waals surface area contributed by atoms with Crippen LogP contribution in [0.5, 0.6) is 0 Å². The molecule has 0 radical (unpaired) electrons. The van der Waals surface area contributed by atoms with Gasteiger partial charge in [0.05, 0.1) is 7.11 Å². The van der Waals surface area contributed by atoms with Gasteiger partial charge in [0.2, 0.25) is 0 Å². The SMILES string of the molecule is COC(=O)/C=C/C(=O)OC(CN=O)CN=O. The Morgan fingerprint density at radius 3 is 2.06 bits per heavy atom. The molecule has 0 heterocycles. The van der Waals surface area contributed by atoms with Crippen molar-refractivity contribution in [1.82, 2.24) is 0 Å². The van der Waals surface area contributed by atoms with Gasteiger partial charge < -0.3 is 9.47 Å². The Labute approximate surface area is 90.5 Å². The van der Waals surface area contributed by atoms with Crippen LogP contribution in [-0.4, -0.2) is 38.2 Å². The van der Waals surface area contributed by atoms with Crippen LogP contribution in [0.2, 0.25) is 0 Å². The molecule has 0 N–H and O–H groups in total. The number of methoxy groups -OCH3 is 1. The fraction of sp³-hybridized carbons (Fsp3) is 0.500. The van der Waals surface area contributed by atoms with Gasteiger partial charge in [0.25, 0.3) is 0 Å². The number of hydrogen-bond acceptors (Lipinski definition) is 8. The molecule has 0 rings (SSSR count). The van der Waals surface area contributed by atoms with Crippen LogP contribution in [0.15, 0.2) is 22.5 Å². The van der Waals surface area contributed by atoms with Crippen LogP contribution in [0.4, 0.5) is 0 Å². The number of carbonyl (C=O) groups excluding carboxylic acids is 2. The van der Waals surface area contributed by atoms with Crippen molar-refractivity contribution in [3.05, 3.63) is 22.0 Å². The largest absolute Gasteiger partial charge is 0.466 e. The van der Waals surface area contributed by atoms with E-state index in [1.54, 1.807) is 0 Å². The number of carbonyl (C=O) groups is 2. The van der Waals surface area contributed by atoms with E-state index in [0.717, 1.165) is 19.3 Å². The van der Waals surface area contributed by atoms with E-state index in [1.165, 1.54) is 0 Å². The van der Waals surface area contributed by atoms with Gasteiger partial charge in [-0.25, -0.2) is 9.59 Å². The first-order chi connectivity index (χ1) is 7.63. The number of ether oxygens (including phenoxy) is 2. The summed E-state index contributed by atoms with van der Waals surface area (Å²) in [5.74, 6) is -1.61. The lowest BCUT2D eigenvalue weighted by atomic mass is 10.3. The van der Waals surface area contributed by atoms with Crippen LogP contribution in [0, 0.1) is 9.81 Å². The maximum Gasteiger partial charge on any atom is 0.331 e. The van der Waals surface area contributed by atoms with Crippen LogP contribution >= 0.6 is 0 Å². The molecule has 16 heavy (non-hydrogen) atoms. The summed E-state index contributed by atoms with van der Waals surface area (Å²) >= 11 is 0. The van der Waals surface area contributed by atoms with E-state index in [1.807, 2.05) is 0 Å². The summed E-state index contributed by atoms with van der Waals surface area (Å²) in [5, 5.41) is 4.95. The normalized spacial score (nSPS) is 10.1. The highest BCUT2D eigenvalue weighted by atomic mass is 16.5. The lowest BCUT2D eigenvalue weighted by Crippen LogP contribution is -2.23. The molecule has 0 aliphatic rings. The molecule has 0 saturated carbocycles. The molecule has 0 aromatic heterocycles. The molecule has 0 amide bonds. The van der Waals surface area contributed by atoms with Crippen molar-refractivity contribution in [2.45, 2.75) is 6.10 Å². The zero-order valence-corrected chi connectivity index (χ0v) is 8.49. The predicted octanol–water partition coefficient (Wildman–Crippen LogP) is 0.160. The Balaban J connectivity index is 4.17. The molecule has 8 heteroatoms. The molecule has 0 unspecified atom stereocenters. The van der Waals surface area contributed by atoms with Gasteiger partial charge >= 0.3 is 11.9 Å². The third kappa shape index (κ3) is 6.35. The summed E-state index contributed by atoms with van der Waals surface area (Å²) in [4.78, 5) is 41.4. The van der Waals surface area contributed by atoms with Crippen LogP contribution < -0.4 is 0 Å². The molecule has 0 aromatic rings. The average Bonchev–Trinajstić information content (AvgIpc) is 2.26. The fourth-order valence-electron chi connectivity index (χ4n) is 0.706. The van der Waals surface area contributed by atoms with Crippen LogP contribution in [-0.2, 0) is 19.1 Å². The highest BCUT2D eigenvalue weighted by molar-refractivity contribution is 5.91. The van der Waals surface area contributed by atoms with Crippen LogP contribution in [0.1, 0.15) is 0 Å². The van der Waals surface area contributed by atoms with Gasteiger partial charge in [-0.15, -0.1) is 0 Å². The summed E-state index contributed by atoms with van der Waals surface area (Å²) in [6.45, 7) is -0.743. The van der Waals surface area contributed by atoms with E-state index in [2.05, 4.69) is 19.8 Å². The summed E-state index contributed by atoms with van der Waals surface area (Å²) in [7, 11) is 1.15. The van der Waals surface area contributed by atoms with Crippen molar-refractivity contribution in [1.29, 1.82) is 0 Å². The second kappa shape index (κ2) is 8.21. The molecule has 0 atom stereocenters. The molecule has 8 nitrogen and oxygen atoms in total. The lowest BCUT2D eigenvalue weighted by Gasteiger charge is -2.08. The van der Waals surface area contributed by atoms with Crippen LogP contribution in [0.25, 0.3) is 0 Å². The highest BCUT2D eigenvalue weighted by Gasteiger charge is 2.13. The first-order valence-corrected chi connectivity index (χ1v) is 4.19. The molecule has 0 aromatic carbocycles. The molecule has 0 fully saturated rings. The molecule has 0 aliphatic heterocycles. The molecule has 0 saturated heterocycles. The van der Waals surface area contributed by atoms with E-state index in [-0.39, 0.29) is 13.1 Å².